The van der Waals surface area contributed by atoms with E-state index in [1.54, 1.807) is 13.8 Å². The smallest absolute Gasteiger partial charge is 0.310 e. The number of aliphatic carboxylic acids is 1. The van der Waals surface area contributed by atoms with E-state index in [0.29, 0.717) is 6.54 Å². The number of hydrogen-bond acceptors (Lipinski definition) is 3. The molecule has 98 valence electrons. The molecule has 0 aliphatic carbocycles. The van der Waals surface area contributed by atoms with Gasteiger partial charge in [-0.25, -0.2) is 0 Å². The summed E-state index contributed by atoms with van der Waals surface area (Å²) in [7, 11) is 0. The molecular weight excluding hydrogens is 228 g/mol. The molecule has 1 heterocycles. The Balaban J connectivity index is 2.10. The van der Waals surface area contributed by atoms with Gasteiger partial charge in [0.2, 0.25) is 0 Å². The summed E-state index contributed by atoms with van der Waals surface area (Å²) in [4.78, 5) is 13.3. The van der Waals surface area contributed by atoms with Crippen LogP contribution in [0.15, 0.2) is 18.2 Å². The Hall–Kier alpha value is -1.55. The van der Waals surface area contributed by atoms with Crippen molar-refractivity contribution in [3.8, 4) is 0 Å². The van der Waals surface area contributed by atoms with E-state index in [0.717, 1.165) is 25.2 Å². The van der Waals surface area contributed by atoms with Crippen molar-refractivity contribution in [1.82, 2.24) is 4.90 Å². The second-order valence-electron chi connectivity index (χ2n) is 5.68. The van der Waals surface area contributed by atoms with Crippen LogP contribution in [0.2, 0.25) is 0 Å². The van der Waals surface area contributed by atoms with E-state index in [2.05, 4.69) is 11.0 Å². The number of benzene rings is 1. The standard InChI is InChI=1S/C14H20N2O2/c1-14(2,13(17)18)9-16-6-5-10-3-4-12(15)7-11(10)8-16/h3-4,7H,5-6,8-9,15H2,1-2H3,(H,17,18). The molecule has 0 bridgehead atoms. The molecule has 18 heavy (non-hydrogen) atoms. The molecule has 4 nitrogen and oxygen atoms in total. The van der Waals surface area contributed by atoms with Crippen LogP contribution in [0.3, 0.4) is 0 Å². The van der Waals surface area contributed by atoms with E-state index in [9.17, 15) is 4.79 Å². The van der Waals surface area contributed by atoms with Crippen LogP contribution in [0, 0.1) is 5.41 Å². The third-order valence-electron chi connectivity index (χ3n) is 3.52. The Morgan fingerprint density at radius 2 is 2.17 bits per heavy atom. The Kier molecular flexibility index (Phi) is 3.30. The van der Waals surface area contributed by atoms with Gasteiger partial charge >= 0.3 is 5.97 Å². The molecule has 0 unspecified atom stereocenters. The van der Waals surface area contributed by atoms with Crippen LogP contribution >= 0.6 is 0 Å². The molecule has 1 aliphatic rings. The van der Waals surface area contributed by atoms with E-state index in [1.807, 2.05) is 12.1 Å². The highest BCUT2D eigenvalue weighted by Crippen LogP contribution is 2.25. The SMILES string of the molecule is CC(C)(CN1CCc2ccc(N)cc2C1)C(=O)O. The summed E-state index contributed by atoms with van der Waals surface area (Å²) in [6.45, 7) is 5.80. The number of carboxylic acid groups (broad SMARTS) is 1. The van der Waals surface area contributed by atoms with Gasteiger partial charge in [-0.3, -0.25) is 9.69 Å². The van der Waals surface area contributed by atoms with Gasteiger partial charge in [-0.1, -0.05) is 6.07 Å². The maximum absolute atomic E-state index is 11.1. The maximum Gasteiger partial charge on any atom is 0.310 e. The van der Waals surface area contributed by atoms with Gasteiger partial charge < -0.3 is 10.8 Å². The largest absolute Gasteiger partial charge is 0.481 e. The monoisotopic (exact) mass is 248 g/mol. The molecule has 2 rings (SSSR count). The summed E-state index contributed by atoms with van der Waals surface area (Å²) in [6, 6.07) is 6.00. The lowest BCUT2D eigenvalue weighted by Gasteiger charge is -2.33. The minimum absolute atomic E-state index is 0.566. The van der Waals surface area contributed by atoms with Gasteiger partial charge in [0.25, 0.3) is 0 Å². The number of nitrogen functional groups attached to an aromatic ring is 1. The van der Waals surface area contributed by atoms with Crippen LogP contribution in [0.4, 0.5) is 5.69 Å². The van der Waals surface area contributed by atoms with Crippen LogP contribution in [0.5, 0.6) is 0 Å². The molecule has 0 spiro atoms. The highest BCUT2D eigenvalue weighted by atomic mass is 16.4. The first-order valence-corrected chi connectivity index (χ1v) is 6.21. The summed E-state index contributed by atoms with van der Waals surface area (Å²) >= 11 is 0. The van der Waals surface area contributed by atoms with Crippen molar-refractivity contribution in [2.75, 3.05) is 18.8 Å². The van der Waals surface area contributed by atoms with Gasteiger partial charge in [0.05, 0.1) is 5.41 Å². The zero-order valence-electron chi connectivity index (χ0n) is 10.9. The van der Waals surface area contributed by atoms with E-state index in [1.165, 1.54) is 11.1 Å². The topological polar surface area (TPSA) is 66.6 Å². The molecule has 3 N–H and O–H groups in total. The Morgan fingerprint density at radius 3 is 2.83 bits per heavy atom. The van der Waals surface area contributed by atoms with Crippen molar-refractivity contribution in [3.63, 3.8) is 0 Å². The fourth-order valence-corrected chi connectivity index (χ4v) is 2.40. The normalized spacial score (nSPS) is 16.3. The zero-order chi connectivity index (χ0) is 13.3. The molecular formula is C14H20N2O2. The lowest BCUT2D eigenvalue weighted by Crippen LogP contribution is -2.41. The number of carboxylic acids is 1. The van der Waals surface area contributed by atoms with E-state index in [-0.39, 0.29) is 0 Å². The van der Waals surface area contributed by atoms with Crippen molar-refractivity contribution in [2.45, 2.75) is 26.8 Å². The summed E-state index contributed by atoms with van der Waals surface area (Å²) in [5.74, 6) is -0.749. The maximum atomic E-state index is 11.1. The minimum atomic E-state index is -0.749. The first kappa shape index (κ1) is 12.9. The zero-order valence-corrected chi connectivity index (χ0v) is 10.9. The van der Waals surface area contributed by atoms with Crippen LogP contribution in [0.25, 0.3) is 0 Å². The third-order valence-corrected chi connectivity index (χ3v) is 3.52. The Morgan fingerprint density at radius 1 is 1.44 bits per heavy atom. The summed E-state index contributed by atoms with van der Waals surface area (Å²) in [5, 5.41) is 9.16. The Bertz CT molecular complexity index is 469. The quantitative estimate of drug-likeness (QED) is 0.800. The van der Waals surface area contributed by atoms with E-state index >= 15 is 0 Å². The molecule has 1 aromatic rings. The fraction of sp³-hybridized carbons (Fsp3) is 0.500. The first-order chi connectivity index (χ1) is 8.38. The number of anilines is 1. The van der Waals surface area contributed by atoms with Crippen molar-refractivity contribution in [3.05, 3.63) is 29.3 Å². The predicted molar refractivity (Wildman–Crippen MR) is 71.3 cm³/mol. The number of rotatable bonds is 3. The molecule has 4 heteroatoms. The van der Waals surface area contributed by atoms with Gasteiger partial charge in [-0.2, -0.15) is 0 Å². The second-order valence-corrected chi connectivity index (χ2v) is 5.68. The number of fused-ring (bicyclic) bond motifs is 1. The molecule has 0 saturated heterocycles. The summed E-state index contributed by atoms with van der Waals surface area (Å²) < 4.78 is 0. The van der Waals surface area contributed by atoms with Crippen molar-refractivity contribution >= 4 is 11.7 Å². The predicted octanol–water partition coefficient (Wildman–Crippen LogP) is 1.74. The van der Waals surface area contributed by atoms with Gasteiger partial charge in [0, 0.05) is 25.3 Å². The van der Waals surface area contributed by atoms with E-state index < -0.39 is 11.4 Å². The Labute approximate surface area is 107 Å². The molecule has 1 aliphatic heterocycles. The summed E-state index contributed by atoms with van der Waals surface area (Å²) in [5.41, 5.74) is 8.40. The highest BCUT2D eigenvalue weighted by Gasteiger charge is 2.31. The van der Waals surface area contributed by atoms with Crippen molar-refractivity contribution < 1.29 is 9.90 Å². The van der Waals surface area contributed by atoms with Crippen LogP contribution in [-0.2, 0) is 17.8 Å². The molecule has 1 aromatic carbocycles. The lowest BCUT2D eigenvalue weighted by atomic mass is 9.91. The lowest BCUT2D eigenvalue weighted by molar-refractivity contribution is -0.148. The van der Waals surface area contributed by atoms with Crippen molar-refractivity contribution in [1.29, 1.82) is 0 Å². The molecule has 0 fully saturated rings. The number of hydrogen-bond donors (Lipinski definition) is 2. The number of nitrogens with two attached hydrogens (primary N) is 1. The van der Waals surface area contributed by atoms with Gasteiger partial charge in [0.1, 0.15) is 0 Å². The van der Waals surface area contributed by atoms with Crippen LogP contribution in [-0.4, -0.2) is 29.1 Å². The molecule has 0 amide bonds. The molecule has 0 atom stereocenters. The second kappa shape index (κ2) is 4.61. The van der Waals surface area contributed by atoms with Crippen LogP contribution in [0.1, 0.15) is 25.0 Å². The number of nitrogens with zero attached hydrogens (tertiary/aromatic N) is 1. The first-order valence-electron chi connectivity index (χ1n) is 6.21. The van der Waals surface area contributed by atoms with Gasteiger partial charge in [-0.05, 0) is 43.5 Å². The van der Waals surface area contributed by atoms with Gasteiger partial charge in [0.15, 0.2) is 0 Å². The van der Waals surface area contributed by atoms with Crippen LogP contribution < -0.4 is 5.73 Å². The number of carbonyl (C=O) groups is 1. The van der Waals surface area contributed by atoms with Crippen molar-refractivity contribution in [2.24, 2.45) is 5.41 Å². The van der Waals surface area contributed by atoms with E-state index in [4.69, 9.17) is 10.8 Å². The minimum Gasteiger partial charge on any atom is -0.481 e. The molecule has 0 saturated carbocycles. The van der Waals surface area contributed by atoms with Gasteiger partial charge in [-0.15, -0.1) is 0 Å². The third kappa shape index (κ3) is 2.64. The molecule has 0 radical (unpaired) electrons. The molecule has 0 aromatic heterocycles. The average molecular weight is 248 g/mol. The summed E-state index contributed by atoms with van der Waals surface area (Å²) in [6.07, 6.45) is 0.964. The average Bonchev–Trinajstić information content (AvgIpc) is 2.27. The fourth-order valence-electron chi connectivity index (χ4n) is 2.40. The highest BCUT2D eigenvalue weighted by molar-refractivity contribution is 5.73.